The zero-order valence-electron chi connectivity index (χ0n) is 12.1. The first-order valence-corrected chi connectivity index (χ1v) is 8.20. The summed E-state index contributed by atoms with van der Waals surface area (Å²) in [5.74, 6) is -0.0566. The normalized spacial score (nSPS) is 18.8. The number of hydrogen-bond donors (Lipinski definition) is 3. The second-order valence-corrected chi connectivity index (χ2v) is 6.78. The molecule has 4 N–H and O–H groups in total. The monoisotopic (exact) mass is 312 g/mol. The summed E-state index contributed by atoms with van der Waals surface area (Å²) >= 11 is 0. The van der Waals surface area contributed by atoms with Crippen LogP contribution >= 0.6 is 0 Å². The molecule has 0 bridgehead atoms. The number of anilines is 2. The van der Waals surface area contributed by atoms with Crippen molar-refractivity contribution in [3.05, 3.63) is 18.2 Å². The molecule has 1 amide bonds. The minimum Gasteiger partial charge on any atom is -0.397 e. The van der Waals surface area contributed by atoms with Gasteiger partial charge in [0.2, 0.25) is 15.9 Å². The van der Waals surface area contributed by atoms with Crippen LogP contribution in [0.5, 0.6) is 0 Å². The number of likely N-dealkylation sites (N-methyl/N-ethyl adjacent to an activating group) is 1. The third-order valence-corrected chi connectivity index (χ3v) is 5.10. The van der Waals surface area contributed by atoms with E-state index in [0.717, 1.165) is 19.4 Å². The van der Waals surface area contributed by atoms with Crippen LogP contribution in [0.1, 0.15) is 12.8 Å². The van der Waals surface area contributed by atoms with Gasteiger partial charge in [0.05, 0.1) is 16.3 Å². The lowest BCUT2D eigenvalue weighted by atomic mass is 10.2. The van der Waals surface area contributed by atoms with Gasteiger partial charge in [-0.1, -0.05) is 0 Å². The van der Waals surface area contributed by atoms with Crippen LogP contribution in [0.25, 0.3) is 0 Å². The summed E-state index contributed by atoms with van der Waals surface area (Å²) in [5.41, 5.74) is 7.03. The molecule has 21 heavy (non-hydrogen) atoms. The number of benzene rings is 1. The SMILES string of the molecule is CNC(=O)C1CCCN1c1ccc(S(=O)(=O)NC)cc1N. The third-order valence-electron chi connectivity index (χ3n) is 3.69. The highest BCUT2D eigenvalue weighted by molar-refractivity contribution is 7.89. The van der Waals surface area contributed by atoms with Gasteiger partial charge in [0, 0.05) is 13.6 Å². The summed E-state index contributed by atoms with van der Waals surface area (Å²) in [6.07, 6.45) is 1.66. The number of nitrogen functional groups attached to an aromatic ring is 1. The second-order valence-electron chi connectivity index (χ2n) is 4.89. The molecule has 0 aliphatic carbocycles. The number of nitrogens with zero attached hydrogens (tertiary/aromatic N) is 1. The highest BCUT2D eigenvalue weighted by Crippen LogP contribution is 2.32. The van der Waals surface area contributed by atoms with E-state index >= 15 is 0 Å². The van der Waals surface area contributed by atoms with Crippen LogP contribution in [0.2, 0.25) is 0 Å². The molecule has 2 rings (SSSR count). The zero-order chi connectivity index (χ0) is 15.6. The number of hydrogen-bond acceptors (Lipinski definition) is 5. The van der Waals surface area contributed by atoms with Crippen LogP contribution in [0.15, 0.2) is 23.1 Å². The molecule has 1 atom stereocenters. The minimum atomic E-state index is -3.52. The molecule has 1 saturated heterocycles. The van der Waals surface area contributed by atoms with Crippen LogP contribution in [0.3, 0.4) is 0 Å². The lowest BCUT2D eigenvalue weighted by Gasteiger charge is -2.27. The Morgan fingerprint density at radius 3 is 2.67 bits per heavy atom. The Bertz CT molecular complexity index is 645. The lowest BCUT2D eigenvalue weighted by Crippen LogP contribution is -2.42. The summed E-state index contributed by atoms with van der Waals surface area (Å²) < 4.78 is 25.8. The van der Waals surface area contributed by atoms with Crippen LogP contribution in [0, 0.1) is 0 Å². The van der Waals surface area contributed by atoms with E-state index in [-0.39, 0.29) is 16.8 Å². The number of amides is 1. The molecule has 0 spiro atoms. The molecule has 1 aromatic rings. The smallest absolute Gasteiger partial charge is 0.242 e. The molecular formula is C13H20N4O3S. The average Bonchev–Trinajstić information content (AvgIpc) is 2.95. The van der Waals surface area contributed by atoms with Crippen molar-refractivity contribution in [3.63, 3.8) is 0 Å². The van der Waals surface area contributed by atoms with Gasteiger partial charge in [0.15, 0.2) is 0 Å². The highest BCUT2D eigenvalue weighted by Gasteiger charge is 2.31. The van der Waals surface area contributed by atoms with Gasteiger partial charge in [-0.2, -0.15) is 0 Å². The van der Waals surface area contributed by atoms with Gasteiger partial charge in [0.1, 0.15) is 6.04 Å². The largest absolute Gasteiger partial charge is 0.397 e. The molecule has 116 valence electrons. The summed E-state index contributed by atoms with van der Waals surface area (Å²) in [4.78, 5) is 13.9. The van der Waals surface area contributed by atoms with Crippen LogP contribution < -0.4 is 20.7 Å². The van der Waals surface area contributed by atoms with Crippen molar-refractivity contribution in [2.45, 2.75) is 23.8 Å². The number of carbonyl (C=O) groups is 1. The molecule has 7 nitrogen and oxygen atoms in total. The number of nitrogens with two attached hydrogens (primary N) is 1. The van der Waals surface area contributed by atoms with Gasteiger partial charge >= 0.3 is 0 Å². The standard InChI is InChI=1S/C13H20N4O3S/c1-15-13(18)12-4-3-7-17(12)11-6-5-9(8-10(11)14)21(19,20)16-2/h5-6,8,12,16H,3-4,7,14H2,1-2H3,(H,15,18). The first kappa shape index (κ1) is 15.6. The van der Waals surface area contributed by atoms with E-state index in [2.05, 4.69) is 10.0 Å². The van der Waals surface area contributed by atoms with E-state index < -0.39 is 10.0 Å². The fourth-order valence-corrected chi connectivity index (χ4v) is 3.34. The molecule has 0 aromatic heterocycles. The summed E-state index contributed by atoms with van der Waals surface area (Å²) in [6.45, 7) is 0.723. The average molecular weight is 312 g/mol. The maximum atomic E-state index is 11.9. The van der Waals surface area contributed by atoms with Crippen molar-refractivity contribution in [2.75, 3.05) is 31.3 Å². The van der Waals surface area contributed by atoms with Crippen LogP contribution in [-0.4, -0.2) is 41.0 Å². The van der Waals surface area contributed by atoms with Crippen LogP contribution in [0.4, 0.5) is 11.4 Å². The number of carbonyl (C=O) groups excluding carboxylic acids is 1. The molecular weight excluding hydrogens is 292 g/mol. The molecule has 1 aliphatic heterocycles. The van der Waals surface area contributed by atoms with Crippen molar-refractivity contribution in [1.82, 2.24) is 10.0 Å². The molecule has 8 heteroatoms. The predicted molar refractivity (Wildman–Crippen MR) is 81.5 cm³/mol. The molecule has 0 saturated carbocycles. The zero-order valence-corrected chi connectivity index (χ0v) is 12.9. The number of sulfonamides is 1. The van der Waals surface area contributed by atoms with Gasteiger partial charge in [-0.05, 0) is 38.1 Å². The Kier molecular flexibility index (Phi) is 4.38. The van der Waals surface area contributed by atoms with Crippen molar-refractivity contribution < 1.29 is 13.2 Å². The van der Waals surface area contributed by atoms with E-state index in [4.69, 9.17) is 5.73 Å². The summed E-state index contributed by atoms with van der Waals surface area (Å²) in [6, 6.07) is 4.31. The first-order valence-electron chi connectivity index (χ1n) is 6.72. The first-order chi connectivity index (χ1) is 9.90. The Morgan fingerprint density at radius 2 is 2.10 bits per heavy atom. The van der Waals surface area contributed by atoms with Crippen molar-refractivity contribution in [1.29, 1.82) is 0 Å². The molecule has 1 unspecified atom stereocenters. The Hall–Kier alpha value is -1.80. The van der Waals surface area contributed by atoms with E-state index in [1.807, 2.05) is 4.90 Å². The van der Waals surface area contributed by atoms with Gasteiger partial charge < -0.3 is 16.0 Å². The van der Waals surface area contributed by atoms with E-state index in [1.54, 1.807) is 13.1 Å². The fraction of sp³-hybridized carbons (Fsp3) is 0.462. The number of nitrogens with one attached hydrogen (secondary N) is 2. The van der Waals surface area contributed by atoms with Crippen molar-refractivity contribution in [3.8, 4) is 0 Å². The molecule has 1 aliphatic rings. The Labute approximate surface area is 124 Å². The predicted octanol–water partition coefficient (Wildman–Crippen LogP) is -0.108. The third kappa shape index (κ3) is 2.96. The molecule has 0 radical (unpaired) electrons. The molecule has 1 aromatic carbocycles. The molecule has 1 fully saturated rings. The quantitative estimate of drug-likeness (QED) is 0.673. The van der Waals surface area contributed by atoms with Crippen molar-refractivity contribution in [2.24, 2.45) is 0 Å². The minimum absolute atomic E-state index is 0.0566. The van der Waals surface area contributed by atoms with E-state index in [0.29, 0.717) is 11.4 Å². The van der Waals surface area contributed by atoms with Gasteiger partial charge in [-0.25, -0.2) is 13.1 Å². The van der Waals surface area contributed by atoms with Crippen molar-refractivity contribution >= 4 is 27.3 Å². The topological polar surface area (TPSA) is 105 Å². The summed E-state index contributed by atoms with van der Waals surface area (Å²) in [5, 5.41) is 2.64. The van der Waals surface area contributed by atoms with Crippen LogP contribution in [-0.2, 0) is 14.8 Å². The van der Waals surface area contributed by atoms with E-state index in [1.165, 1.54) is 19.2 Å². The Morgan fingerprint density at radius 1 is 1.38 bits per heavy atom. The summed E-state index contributed by atoms with van der Waals surface area (Å²) in [7, 11) is -0.573. The maximum Gasteiger partial charge on any atom is 0.242 e. The lowest BCUT2D eigenvalue weighted by molar-refractivity contribution is -0.121. The van der Waals surface area contributed by atoms with Gasteiger partial charge in [0.25, 0.3) is 0 Å². The van der Waals surface area contributed by atoms with Gasteiger partial charge in [-0.3, -0.25) is 4.79 Å². The second kappa shape index (κ2) is 5.90. The molecule has 1 heterocycles. The highest BCUT2D eigenvalue weighted by atomic mass is 32.2. The Balaban J connectivity index is 2.35. The van der Waals surface area contributed by atoms with Gasteiger partial charge in [-0.15, -0.1) is 0 Å². The number of rotatable bonds is 4. The van der Waals surface area contributed by atoms with E-state index in [9.17, 15) is 13.2 Å². The fourth-order valence-electron chi connectivity index (χ4n) is 2.57. The maximum absolute atomic E-state index is 11.9.